The standard InChI is InChI=1S/C8H17NO2Si/c1-2-11-12-7-5-3-4-6-9-8-10/h2-7,12H2,1H3. The number of nitrogens with zero attached hydrogens (tertiary/aromatic N) is 1. The van der Waals surface area contributed by atoms with E-state index in [4.69, 9.17) is 4.43 Å². The lowest BCUT2D eigenvalue weighted by Gasteiger charge is -1.98. The number of hydrogen-bond donors (Lipinski definition) is 0. The summed E-state index contributed by atoms with van der Waals surface area (Å²) >= 11 is 0. The third-order valence-corrected chi connectivity index (χ3v) is 3.06. The Balaban J connectivity index is 2.86. The lowest BCUT2D eigenvalue weighted by Crippen LogP contribution is -1.96. The van der Waals surface area contributed by atoms with Crippen molar-refractivity contribution in [1.29, 1.82) is 0 Å². The second-order valence-corrected chi connectivity index (χ2v) is 4.11. The van der Waals surface area contributed by atoms with E-state index in [1.54, 1.807) is 0 Å². The summed E-state index contributed by atoms with van der Waals surface area (Å²) in [5.41, 5.74) is 0. The molecule has 0 N–H and O–H groups in total. The molecule has 0 bridgehead atoms. The fourth-order valence-electron chi connectivity index (χ4n) is 0.939. The third kappa shape index (κ3) is 9.56. The van der Waals surface area contributed by atoms with Gasteiger partial charge in [0.1, 0.15) is 0 Å². The van der Waals surface area contributed by atoms with Crippen LogP contribution in [0.25, 0.3) is 0 Å². The van der Waals surface area contributed by atoms with Gasteiger partial charge in [0, 0.05) is 6.61 Å². The summed E-state index contributed by atoms with van der Waals surface area (Å²) in [7, 11) is -0.236. The van der Waals surface area contributed by atoms with Crippen LogP contribution in [0.1, 0.15) is 26.2 Å². The molecule has 0 aromatic heterocycles. The number of unbranched alkanes of at least 4 members (excludes halogenated alkanes) is 2. The van der Waals surface area contributed by atoms with E-state index in [1.807, 2.05) is 6.92 Å². The van der Waals surface area contributed by atoms with Gasteiger partial charge in [0.2, 0.25) is 6.08 Å². The first kappa shape index (κ1) is 11.6. The van der Waals surface area contributed by atoms with Crippen LogP contribution in [0, 0.1) is 0 Å². The van der Waals surface area contributed by atoms with E-state index >= 15 is 0 Å². The zero-order chi connectivity index (χ0) is 9.07. The molecule has 0 aliphatic rings. The van der Waals surface area contributed by atoms with Crippen LogP contribution in [0.3, 0.4) is 0 Å². The third-order valence-electron chi connectivity index (χ3n) is 1.58. The summed E-state index contributed by atoms with van der Waals surface area (Å²) in [6, 6.07) is 1.25. The molecule has 0 saturated heterocycles. The molecule has 4 heteroatoms. The molecule has 0 atom stereocenters. The van der Waals surface area contributed by atoms with Gasteiger partial charge in [-0.1, -0.05) is 12.8 Å². The first-order valence-corrected chi connectivity index (χ1v) is 6.11. The van der Waals surface area contributed by atoms with Gasteiger partial charge >= 0.3 is 0 Å². The van der Waals surface area contributed by atoms with Crippen molar-refractivity contribution in [2.24, 2.45) is 4.99 Å². The zero-order valence-electron chi connectivity index (χ0n) is 7.71. The maximum absolute atomic E-state index is 9.67. The molecule has 0 aliphatic carbocycles. The quantitative estimate of drug-likeness (QED) is 0.246. The largest absolute Gasteiger partial charge is 0.424 e. The maximum Gasteiger partial charge on any atom is 0.234 e. The van der Waals surface area contributed by atoms with Crippen molar-refractivity contribution < 1.29 is 9.22 Å². The van der Waals surface area contributed by atoms with Gasteiger partial charge in [-0.2, -0.15) is 0 Å². The Morgan fingerprint density at radius 2 is 2.25 bits per heavy atom. The minimum Gasteiger partial charge on any atom is -0.424 e. The second-order valence-electron chi connectivity index (χ2n) is 2.58. The lowest BCUT2D eigenvalue weighted by atomic mass is 10.2. The topological polar surface area (TPSA) is 38.7 Å². The van der Waals surface area contributed by atoms with E-state index < -0.39 is 0 Å². The highest BCUT2D eigenvalue weighted by molar-refractivity contribution is 6.26. The van der Waals surface area contributed by atoms with Crippen LogP contribution >= 0.6 is 0 Å². The molecule has 0 aliphatic heterocycles. The van der Waals surface area contributed by atoms with E-state index in [0.29, 0.717) is 6.54 Å². The number of isocyanates is 1. The smallest absolute Gasteiger partial charge is 0.234 e. The SMILES string of the molecule is CCO[SiH2]CCCCCN=C=O. The van der Waals surface area contributed by atoms with Crippen molar-refractivity contribution in [3.63, 3.8) is 0 Å². The summed E-state index contributed by atoms with van der Waals surface area (Å²) in [5.74, 6) is 0. The lowest BCUT2D eigenvalue weighted by molar-refractivity contribution is 0.359. The van der Waals surface area contributed by atoms with Gasteiger partial charge in [0.25, 0.3) is 0 Å². The van der Waals surface area contributed by atoms with Gasteiger partial charge in [-0.15, -0.1) is 0 Å². The van der Waals surface area contributed by atoms with Crippen LogP contribution in [-0.4, -0.2) is 29.0 Å². The van der Waals surface area contributed by atoms with Gasteiger partial charge in [0.05, 0.1) is 6.54 Å². The van der Waals surface area contributed by atoms with E-state index in [2.05, 4.69) is 4.99 Å². The van der Waals surface area contributed by atoms with Gasteiger partial charge in [-0.05, 0) is 19.4 Å². The van der Waals surface area contributed by atoms with Crippen LogP contribution in [0.5, 0.6) is 0 Å². The van der Waals surface area contributed by atoms with Crippen molar-refractivity contribution in [2.75, 3.05) is 13.2 Å². The average molecular weight is 187 g/mol. The number of aliphatic imine (C=N–C) groups is 1. The maximum atomic E-state index is 9.67. The minimum atomic E-state index is -0.236. The second kappa shape index (κ2) is 10.6. The van der Waals surface area contributed by atoms with Crippen LogP contribution < -0.4 is 0 Å². The Labute approximate surface area is 76.2 Å². The molecule has 0 aromatic carbocycles. The molecule has 0 amide bonds. The summed E-state index contributed by atoms with van der Waals surface area (Å²) in [6.07, 6.45) is 4.93. The summed E-state index contributed by atoms with van der Waals surface area (Å²) < 4.78 is 5.31. The van der Waals surface area contributed by atoms with Crippen molar-refractivity contribution in [3.05, 3.63) is 0 Å². The molecule has 0 heterocycles. The Kier molecular flexibility index (Phi) is 10.2. The monoisotopic (exact) mass is 187 g/mol. The first-order valence-electron chi connectivity index (χ1n) is 4.53. The normalized spacial score (nSPS) is 10.4. The number of carbonyl (C=O) groups excluding carboxylic acids is 1. The molecule has 0 unspecified atom stereocenters. The van der Waals surface area contributed by atoms with Crippen molar-refractivity contribution in [2.45, 2.75) is 32.2 Å². The minimum absolute atomic E-state index is 0.236. The Morgan fingerprint density at radius 1 is 1.42 bits per heavy atom. The predicted octanol–water partition coefficient (Wildman–Crippen LogP) is 1.03. The molecule has 0 radical (unpaired) electrons. The van der Waals surface area contributed by atoms with Gasteiger partial charge in [-0.25, -0.2) is 9.79 Å². The molecule has 3 nitrogen and oxygen atoms in total. The molecule has 0 fully saturated rings. The molecule has 0 rings (SSSR count). The highest BCUT2D eigenvalue weighted by Gasteiger charge is 1.89. The number of rotatable bonds is 8. The van der Waals surface area contributed by atoms with Crippen LogP contribution in [0.4, 0.5) is 0 Å². The van der Waals surface area contributed by atoms with Crippen LogP contribution in [-0.2, 0) is 9.22 Å². The summed E-state index contributed by atoms with van der Waals surface area (Å²) in [5, 5.41) is 0. The van der Waals surface area contributed by atoms with Gasteiger partial charge in [0.15, 0.2) is 9.76 Å². The molecular weight excluding hydrogens is 170 g/mol. The predicted molar refractivity (Wildman–Crippen MR) is 51.8 cm³/mol. The van der Waals surface area contributed by atoms with Crippen LogP contribution in [0.2, 0.25) is 6.04 Å². The highest BCUT2D eigenvalue weighted by atomic mass is 28.2. The molecule has 0 aromatic rings. The number of hydrogen-bond acceptors (Lipinski definition) is 3. The van der Waals surface area contributed by atoms with Crippen molar-refractivity contribution in [1.82, 2.24) is 0 Å². The van der Waals surface area contributed by atoms with E-state index in [1.165, 1.54) is 18.5 Å². The first-order chi connectivity index (χ1) is 5.91. The van der Waals surface area contributed by atoms with Crippen molar-refractivity contribution in [3.8, 4) is 0 Å². The van der Waals surface area contributed by atoms with Gasteiger partial charge < -0.3 is 4.43 Å². The van der Waals surface area contributed by atoms with E-state index in [-0.39, 0.29) is 9.76 Å². The van der Waals surface area contributed by atoms with E-state index in [0.717, 1.165) is 19.4 Å². The molecule has 0 saturated carbocycles. The molecule has 0 spiro atoms. The van der Waals surface area contributed by atoms with Crippen LogP contribution in [0.15, 0.2) is 4.99 Å². The fourth-order valence-corrected chi connectivity index (χ4v) is 1.99. The zero-order valence-corrected chi connectivity index (χ0v) is 9.13. The molecular formula is C8H17NO2Si. The summed E-state index contributed by atoms with van der Waals surface area (Å²) in [6.45, 7) is 3.53. The Hall–Kier alpha value is -0.443. The highest BCUT2D eigenvalue weighted by Crippen LogP contribution is 1.99. The van der Waals surface area contributed by atoms with Crippen molar-refractivity contribution >= 4 is 15.8 Å². The summed E-state index contributed by atoms with van der Waals surface area (Å²) in [4.78, 5) is 13.2. The average Bonchev–Trinajstić information content (AvgIpc) is 2.10. The van der Waals surface area contributed by atoms with Gasteiger partial charge in [-0.3, -0.25) is 0 Å². The fraction of sp³-hybridized carbons (Fsp3) is 0.875. The van der Waals surface area contributed by atoms with E-state index in [9.17, 15) is 4.79 Å². The molecule has 12 heavy (non-hydrogen) atoms. The molecule has 70 valence electrons. The Morgan fingerprint density at radius 3 is 2.92 bits per heavy atom. The Bertz CT molecular complexity index is 135.